The second-order valence-electron chi connectivity index (χ2n) is 4.56. The van der Waals surface area contributed by atoms with Gasteiger partial charge in [0.15, 0.2) is 0 Å². The van der Waals surface area contributed by atoms with Crippen LogP contribution in [0.25, 0.3) is 0 Å². The molecule has 0 aliphatic heterocycles. The second-order valence-corrected chi connectivity index (χ2v) is 4.56. The van der Waals surface area contributed by atoms with Crippen LogP contribution in [0.1, 0.15) is 47.0 Å². The molecule has 0 aromatic rings. The molecule has 0 aliphatic carbocycles. The van der Waals surface area contributed by atoms with Crippen LogP contribution in [0.15, 0.2) is 0 Å². The molecule has 2 heteroatoms. The first-order valence-corrected chi connectivity index (χ1v) is 6.04. The summed E-state index contributed by atoms with van der Waals surface area (Å²) in [7, 11) is 0. The van der Waals surface area contributed by atoms with Gasteiger partial charge in [0.05, 0.1) is 0 Å². The lowest BCUT2D eigenvalue weighted by molar-refractivity contribution is 0.254. The number of rotatable bonds is 8. The first-order valence-electron chi connectivity index (χ1n) is 6.04. The third-order valence-corrected chi connectivity index (χ3v) is 3.62. The van der Waals surface area contributed by atoms with Crippen LogP contribution < -0.4 is 11.1 Å². The Kier molecular flexibility index (Phi) is 7.20. The molecule has 86 valence electrons. The normalized spacial score (nSPS) is 14.4. The van der Waals surface area contributed by atoms with Gasteiger partial charge in [-0.2, -0.15) is 0 Å². The Hall–Kier alpha value is -0.0800. The van der Waals surface area contributed by atoms with Crippen molar-refractivity contribution >= 4 is 0 Å². The number of hydrogen-bond acceptors (Lipinski definition) is 2. The van der Waals surface area contributed by atoms with Gasteiger partial charge in [0.2, 0.25) is 0 Å². The summed E-state index contributed by atoms with van der Waals surface area (Å²) in [5.41, 5.74) is 6.17. The van der Waals surface area contributed by atoms with Gasteiger partial charge in [-0.15, -0.1) is 0 Å². The Bertz CT molecular complexity index is 122. The van der Waals surface area contributed by atoms with Crippen LogP contribution in [0.3, 0.4) is 0 Å². The minimum Gasteiger partial charge on any atom is -0.330 e. The third kappa shape index (κ3) is 4.43. The van der Waals surface area contributed by atoms with Crippen LogP contribution in [-0.4, -0.2) is 19.6 Å². The monoisotopic (exact) mass is 200 g/mol. The zero-order chi connectivity index (χ0) is 11.0. The molecule has 0 rings (SSSR count). The van der Waals surface area contributed by atoms with Crippen LogP contribution in [0.4, 0.5) is 0 Å². The van der Waals surface area contributed by atoms with Crippen molar-refractivity contribution in [2.24, 2.45) is 17.1 Å². The highest BCUT2D eigenvalue weighted by Gasteiger charge is 2.23. The van der Waals surface area contributed by atoms with Gasteiger partial charge >= 0.3 is 0 Å². The summed E-state index contributed by atoms with van der Waals surface area (Å²) in [6, 6.07) is 0. The van der Waals surface area contributed by atoms with Crippen molar-refractivity contribution in [3.63, 3.8) is 0 Å². The minimum absolute atomic E-state index is 0.327. The molecular formula is C12H28N2. The summed E-state index contributed by atoms with van der Waals surface area (Å²) in [4.78, 5) is 0. The zero-order valence-electron chi connectivity index (χ0n) is 10.4. The van der Waals surface area contributed by atoms with Gasteiger partial charge < -0.3 is 11.1 Å². The lowest BCUT2D eigenvalue weighted by Gasteiger charge is -2.31. The van der Waals surface area contributed by atoms with Gasteiger partial charge in [-0.25, -0.2) is 0 Å². The topological polar surface area (TPSA) is 38.0 Å². The summed E-state index contributed by atoms with van der Waals surface area (Å²) in [5.74, 6) is 0.777. The van der Waals surface area contributed by atoms with E-state index in [0.717, 1.165) is 25.6 Å². The van der Waals surface area contributed by atoms with Crippen LogP contribution in [-0.2, 0) is 0 Å². The van der Waals surface area contributed by atoms with Crippen LogP contribution >= 0.6 is 0 Å². The van der Waals surface area contributed by atoms with E-state index in [0.29, 0.717) is 5.41 Å². The first kappa shape index (κ1) is 13.9. The second kappa shape index (κ2) is 7.24. The molecule has 1 unspecified atom stereocenters. The largest absolute Gasteiger partial charge is 0.330 e. The highest BCUT2D eigenvalue weighted by molar-refractivity contribution is 4.80. The van der Waals surface area contributed by atoms with E-state index in [1.165, 1.54) is 19.3 Å². The standard InChI is InChI=1S/C12H28N2/c1-5-11(4)8-14-10-12(6-2,7-3)9-13/h11,14H,5-10,13H2,1-4H3. The van der Waals surface area contributed by atoms with E-state index in [1.807, 2.05) is 0 Å². The summed E-state index contributed by atoms with van der Waals surface area (Å²) in [6.07, 6.45) is 3.60. The molecule has 0 aliphatic rings. The fraction of sp³-hybridized carbons (Fsp3) is 1.00. The molecule has 1 atom stereocenters. The molecule has 0 bridgehead atoms. The molecule has 0 radical (unpaired) electrons. The van der Waals surface area contributed by atoms with Crippen molar-refractivity contribution < 1.29 is 0 Å². The van der Waals surface area contributed by atoms with E-state index in [9.17, 15) is 0 Å². The van der Waals surface area contributed by atoms with Crippen molar-refractivity contribution in [2.75, 3.05) is 19.6 Å². The van der Waals surface area contributed by atoms with Crippen molar-refractivity contribution in [3.05, 3.63) is 0 Å². The Labute approximate surface area is 89.6 Å². The molecular weight excluding hydrogens is 172 g/mol. The predicted octanol–water partition coefficient (Wildman–Crippen LogP) is 2.39. The lowest BCUT2D eigenvalue weighted by atomic mass is 9.82. The number of nitrogens with one attached hydrogen (secondary N) is 1. The Morgan fingerprint density at radius 1 is 1.21 bits per heavy atom. The van der Waals surface area contributed by atoms with Crippen molar-refractivity contribution in [3.8, 4) is 0 Å². The smallest absolute Gasteiger partial charge is 0.00198 e. The molecule has 0 aromatic heterocycles. The predicted molar refractivity (Wildman–Crippen MR) is 64.4 cm³/mol. The van der Waals surface area contributed by atoms with Gasteiger partial charge in [0.1, 0.15) is 0 Å². The first-order chi connectivity index (χ1) is 6.64. The van der Waals surface area contributed by atoms with E-state index in [1.54, 1.807) is 0 Å². The van der Waals surface area contributed by atoms with E-state index < -0.39 is 0 Å². The molecule has 0 fully saturated rings. The number of hydrogen-bond donors (Lipinski definition) is 2. The molecule has 2 nitrogen and oxygen atoms in total. The van der Waals surface area contributed by atoms with Crippen molar-refractivity contribution in [2.45, 2.75) is 47.0 Å². The zero-order valence-corrected chi connectivity index (χ0v) is 10.4. The van der Waals surface area contributed by atoms with Crippen molar-refractivity contribution in [1.82, 2.24) is 5.32 Å². The molecule has 0 aromatic carbocycles. The fourth-order valence-corrected chi connectivity index (χ4v) is 1.59. The van der Waals surface area contributed by atoms with Crippen LogP contribution in [0.2, 0.25) is 0 Å². The molecule has 0 spiro atoms. The Morgan fingerprint density at radius 3 is 2.14 bits per heavy atom. The average molecular weight is 200 g/mol. The molecule has 0 saturated carbocycles. The lowest BCUT2D eigenvalue weighted by Crippen LogP contribution is -2.40. The van der Waals surface area contributed by atoms with E-state index >= 15 is 0 Å². The van der Waals surface area contributed by atoms with Gasteiger partial charge in [-0.3, -0.25) is 0 Å². The molecule has 0 amide bonds. The molecule has 14 heavy (non-hydrogen) atoms. The quantitative estimate of drug-likeness (QED) is 0.631. The van der Waals surface area contributed by atoms with E-state index in [-0.39, 0.29) is 0 Å². The van der Waals surface area contributed by atoms with Crippen LogP contribution in [0, 0.1) is 11.3 Å². The molecule has 0 saturated heterocycles. The number of nitrogens with two attached hydrogens (primary N) is 1. The van der Waals surface area contributed by atoms with Gasteiger partial charge in [0.25, 0.3) is 0 Å². The Morgan fingerprint density at radius 2 is 1.79 bits per heavy atom. The maximum Gasteiger partial charge on any atom is 0.00198 e. The minimum atomic E-state index is 0.327. The highest BCUT2D eigenvalue weighted by atomic mass is 14.9. The molecule has 3 N–H and O–H groups in total. The highest BCUT2D eigenvalue weighted by Crippen LogP contribution is 2.23. The fourth-order valence-electron chi connectivity index (χ4n) is 1.59. The van der Waals surface area contributed by atoms with E-state index in [4.69, 9.17) is 5.73 Å². The summed E-state index contributed by atoms with van der Waals surface area (Å²) >= 11 is 0. The average Bonchev–Trinajstić information content (AvgIpc) is 2.25. The third-order valence-electron chi connectivity index (χ3n) is 3.62. The summed E-state index contributed by atoms with van der Waals surface area (Å²) < 4.78 is 0. The van der Waals surface area contributed by atoms with Gasteiger partial charge in [-0.1, -0.05) is 34.1 Å². The SMILES string of the molecule is CCC(C)CNCC(CC)(CC)CN. The maximum absolute atomic E-state index is 5.84. The Balaban J connectivity index is 3.82. The van der Waals surface area contributed by atoms with Crippen molar-refractivity contribution in [1.29, 1.82) is 0 Å². The summed E-state index contributed by atoms with van der Waals surface area (Å²) in [6.45, 7) is 12.0. The van der Waals surface area contributed by atoms with Gasteiger partial charge in [-0.05, 0) is 37.3 Å². The maximum atomic E-state index is 5.84. The summed E-state index contributed by atoms with van der Waals surface area (Å²) in [5, 5.41) is 3.55. The van der Waals surface area contributed by atoms with E-state index in [2.05, 4.69) is 33.0 Å². The van der Waals surface area contributed by atoms with Crippen LogP contribution in [0.5, 0.6) is 0 Å². The molecule has 0 heterocycles. The van der Waals surface area contributed by atoms with Gasteiger partial charge in [0, 0.05) is 6.54 Å².